The van der Waals surface area contributed by atoms with Crippen LogP contribution in [0.2, 0.25) is 0 Å². The van der Waals surface area contributed by atoms with Crippen molar-refractivity contribution in [3.8, 4) is 0 Å². The summed E-state index contributed by atoms with van der Waals surface area (Å²) in [5.41, 5.74) is 2.07. The first-order valence-electron chi connectivity index (χ1n) is 6.79. The van der Waals surface area contributed by atoms with Gasteiger partial charge in [-0.05, 0) is 18.9 Å². The summed E-state index contributed by atoms with van der Waals surface area (Å²) < 4.78 is 7.75. The number of alkyl halides is 1. The maximum atomic E-state index is 5.84. The molecule has 19 heavy (non-hydrogen) atoms. The number of imidazole rings is 1. The van der Waals surface area contributed by atoms with E-state index in [0.29, 0.717) is 5.88 Å². The molecule has 2 aromatic heterocycles. The number of aromatic nitrogens is 3. The lowest BCUT2D eigenvalue weighted by Gasteiger charge is -2.08. The molecule has 0 spiro atoms. The molecule has 2 heterocycles. The monoisotopic (exact) mass is 281 g/mol. The van der Waals surface area contributed by atoms with Crippen molar-refractivity contribution in [2.24, 2.45) is 0 Å². The first kappa shape index (κ1) is 14.3. The van der Waals surface area contributed by atoms with Gasteiger partial charge in [0.25, 0.3) is 0 Å². The van der Waals surface area contributed by atoms with Crippen LogP contribution in [0.1, 0.15) is 25.6 Å². The summed E-state index contributed by atoms with van der Waals surface area (Å²) in [5, 5.41) is 0. The molecule has 0 aliphatic rings. The highest BCUT2D eigenvalue weighted by atomic mass is 35.5. The molecule has 0 saturated carbocycles. The Kier molecular flexibility index (Phi) is 5.61. The molecule has 5 heteroatoms. The topological polar surface area (TPSA) is 39.9 Å². The quantitative estimate of drug-likeness (QED) is 0.551. The Labute approximate surface area is 118 Å². The Bertz CT molecular complexity index is 512. The first-order valence-corrected chi connectivity index (χ1v) is 7.33. The summed E-state index contributed by atoms with van der Waals surface area (Å²) in [7, 11) is 0. The van der Waals surface area contributed by atoms with Crippen LogP contribution in [0.3, 0.4) is 0 Å². The first-order chi connectivity index (χ1) is 9.36. The van der Waals surface area contributed by atoms with E-state index in [4.69, 9.17) is 16.3 Å². The summed E-state index contributed by atoms with van der Waals surface area (Å²) in [6.07, 6.45) is 6.45. The molecule has 0 fully saturated rings. The lowest BCUT2D eigenvalue weighted by molar-refractivity contribution is 0.129. The molecule has 0 atom stereocenters. The molecule has 0 aliphatic carbocycles. The SMILES string of the molecule is CCCOCCCn1c(CCCl)nc2cnccc21. The van der Waals surface area contributed by atoms with Gasteiger partial charge in [0.2, 0.25) is 0 Å². The number of aryl methyl sites for hydroxylation is 2. The van der Waals surface area contributed by atoms with Crippen LogP contribution in [-0.2, 0) is 17.7 Å². The fourth-order valence-corrected chi connectivity index (χ4v) is 2.30. The Morgan fingerprint density at radius 3 is 3.05 bits per heavy atom. The van der Waals surface area contributed by atoms with Gasteiger partial charge in [-0.3, -0.25) is 4.98 Å². The maximum absolute atomic E-state index is 5.84. The van der Waals surface area contributed by atoms with E-state index in [2.05, 4.69) is 21.5 Å². The molecule has 0 N–H and O–H groups in total. The van der Waals surface area contributed by atoms with Crippen LogP contribution in [0.25, 0.3) is 11.0 Å². The fourth-order valence-electron chi connectivity index (χ4n) is 2.13. The molecule has 0 radical (unpaired) electrons. The lowest BCUT2D eigenvalue weighted by atomic mass is 10.3. The van der Waals surface area contributed by atoms with Gasteiger partial charge in [-0.25, -0.2) is 4.98 Å². The van der Waals surface area contributed by atoms with Crippen LogP contribution in [0.15, 0.2) is 18.5 Å². The standard InChI is InChI=1S/C14H20ClN3O/c1-2-9-19-10-3-8-18-13-5-7-16-11-12(13)17-14(18)4-6-15/h5,7,11H,2-4,6,8-10H2,1H3. The van der Waals surface area contributed by atoms with Gasteiger partial charge >= 0.3 is 0 Å². The number of hydrogen-bond donors (Lipinski definition) is 0. The molecule has 0 unspecified atom stereocenters. The number of nitrogens with zero attached hydrogens (tertiary/aromatic N) is 3. The number of hydrogen-bond acceptors (Lipinski definition) is 3. The van der Waals surface area contributed by atoms with Crippen LogP contribution in [0.4, 0.5) is 0 Å². The van der Waals surface area contributed by atoms with Crippen LogP contribution in [0, 0.1) is 0 Å². The highest BCUT2D eigenvalue weighted by Gasteiger charge is 2.09. The summed E-state index contributed by atoms with van der Waals surface area (Å²) in [6.45, 7) is 4.66. The van der Waals surface area contributed by atoms with Crippen molar-refractivity contribution in [3.63, 3.8) is 0 Å². The van der Waals surface area contributed by atoms with Gasteiger partial charge < -0.3 is 9.30 Å². The molecule has 0 aromatic carbocycles. The van der Waals surface area contributed by atoms with E-state index < -0.39 is 0 Å². The minimum absolute atomic E-state index is 0.586. The molecule has 0 amide bonds. The maximum Gasteiger partial charge on any atom is 0.111 e. The van der Waals surface area contributed by atoms with E-state index in [9.17, 15) is 0 Å². The largest absolute Gasteiger partial charge is 0.381 e. The normalized spacial score (nSPS) is 11.3. The van der Waals surface area contributed by atoms with Crippen molar-refractivity contribution in [2.45, 2.75) is 32.7 Å². The third-order valence-electron chi connectivity index (χ3n) is 2.97. The lowest BCUT2D eigenvalue weighted by Crippen LogP contribution is -2.07. The number of fused-ring (bicyclic) bond motifs is 1. The number of halogens is 1. The molecule has 0 bridgehead atoms. The molecular formula is C14H20ClN3O. The molecule has 0 saturated heterocycles. The van der Waals surface area contributed by atoms with Crippen LogP contribution < -0.4 is 0 Å². The molecule has 4 nitrogen and oxygen atoms in total. The molecule has 2 rings (SSSR count). The van der Waals surface area contributed by atoms with Gasteiger partial charge in [-0.1, -0.05) is 6.92 Å². The van der Waals surface area contributed by atoms with Crippen molar-refractivity contribution < 1.29 is 4.74 Å². The zero-order valence-electron chi connectivity index (χ0n) is 11.3. The highest BCUT2D eigenvalue weighted by molar-refractivity contribution is 6.17. The van der Waals surface area contributed by atoms with E-state index in [0.717, 1.165) is 55.9 Å². The molecular weight excluding hydrogens is 262 g/mol. The van der Waals surface area contributed by atoms with Crippen molar-refractivity contribution in [2.75, 3.05) is 19.1 Å². The Morgan fingerprint density at radius 2 is 2.26 bits per heavy atom. The smallest absolute Gasteiger partial charge is 0.111 e. The average molecular weight is 282 g/mol. The van der Waals surface area contributed by atoms with Crippen LogP contribution in [-0.4, -0.2) is 33.6 Å². The Hall–Kier alpha value is -1.13. The summed E-state index contributed by atoms with van der Waals surface area (Å²) in [4.78, 5) is 8.71. The second kappa shape index (κ2) is 7.46. The van der Waals surface area contributed by atoms with E-state index >= 15 is 0 Å². The predicted octanol–water partition coefficient (Wildman–Crippen LogP) is 3.03. The van der Waals surface area contributed by atoms with Crippen molar-refractivity contribution in [3.05, 3.63) is 24.3 Å². The number of ether oxygens (including phenoxy) is 1. The van der Waals surface area contributed by atoms with Crippen LogP contribution in [0.5, 0.6) is 0 Å². The van der Waals surface area contributed by atoms with Gasteiger partial charge in [-0.15, -0.1) is 11.6 Å². The summed E-state index contributed by atoms with van der Waals surface area (Å²) in [5.74, 6) is 1.62. The minimum atomic E-state index is 0.586. The Balaban J connectivity index is 2.08. The van der Waals surface area contributed by atoms with Gasteiger partial charge in [0.05, 0.1) is 11.7 Å². The summed E-state index contributed by atoms with van der Waals surface area (Å²) >= 11 is 5.84. The average Bonchev–Trinajstić information content (AvgIpc) is 2.77. The third kappa shape index (κ3) is 3.67. The van der Waals surface area contributed by atoms with E-state index in [1.165, 1.54) is 0 Å². The molecule has 104 valence electrons. The van der Waals surface area contributed by atoms with Gasteiger partial charge in [-0.2, -0.15) is 0 Å². The van der Waals surface area contributed by atoms with Gasteiger partial charge in [0.1, 0.15) is 11.3 Å². The fraction of sp³-hybridized carbons (Fsp3) is 0.571. The summed E-state index contributed by atoms with van der Waals surface area (Å²) in [6, 6.07) is 2.01. The molecule has 0 aliphatic heterocycles. The zero-order chi connectivity index (χ0) is 13.5. The number of pyridine rings is 1. The van der Waals surface area contributed by atoms with Crippen LogP contribution >= 0.6 is 11.6 Å². The van der Waals surface area contributed by atoms with Crippen molar-refractivity contribution in [1.29, 1.82) is 0 Å². The Morgan fingerprint density at radius 1 is 1.37 bits per heavy atom. The second-order valence-corrected chi connectivity index (χ2v) is 4.83. The second-order valence-electron chi connectivity index (χ2n) is 4.45. The van der Waals surface area contributed by atoms with E-state index in [-0.39, 0.29) is 0 Å². The van der Waals surface area contributed by atoms with E-state index in [1.807, 2.05) is 6.07 Å². The van der Waals surface area contributed by atoms with Gasteiger partial charge in [0.15, 0.2) is 0 Å². The highest BCUT2D eigenvalue weighted by Crippen LogP contribution is 2.16. The number of rotatable bonds is 8. The van der Waals surface area contributed by atoms with Crippen molar-refractivity contribution in [1.82, 2.24) is 14.5 Å². The molecule has 2 aromatic rings. The minimum Gasteiger partial charge on any atom is -0.381 e. The third-order valence-corrected chi connectivity index (χ3v) is 3.16. The zero-order valence-corrected chi connectivity index (χ0v) is 12.1. The predicted molar refractivity (Wildman–Crippen MR) is 77.7 cm³/mol. The van der Waals surface area contributed by atoms with Gasteiger partial charge in [0, 0.05) is 38.3 Å². The van der Waals surface area contributed by atoms with Crippen molar-refractivity contribution >= 4 is 22.6 Å². The van der Waals surface area contributed by atoms with E-state index in [1.54, 1.807) is 12.4 Å².